The van der Waals surface area contributed by atoms with Crippen molar-refractivity contribution >= 4 is 11.9 Å². The molecule has 1 N–H and O–H groups in total. The maximum atomic E-state index is 12.0. The minimum atomic E-state index is -0.0281. The summed E-state index contributed by atoms with van der Waals surface area (Å²) in [5, 5.41) is 2.92. The van der Waals surface area contributed by atoms with E-state index in [1.807, 2.05) is 0 Å². The van der Waals surface area contributed by atoms with Gasteiger partial charge in [0.2, 0.25) is 5.91 Å². The Hall–Kier alpha value is -1.30. The number of hydrogen-bond donors (Lipinski definition) is 1. The molecule has 22 heavy (non-hydrogen) atoms. The zero-order valence-electron chi connectivity index (χ0n) is 14.4. The van der Waals surface area contributed by atoms with Crippen molar-refractivity contribution in [2.24, 2.45) is 11.8 Å². The van der Waals surface area contributed by atoms with Crippen LogP contribution >= 0.6 is 0 Å². The van der Waals surface area contributed by atoms with Crippen molar-refractivity contribution in [1.29, 1.82) is 0 Å². The van der Waals surface area contributed by atoms with Gasteiger partial charge in [0.1, 0.15) is 0 Å². The van der Waals surface area contributed by atoms with Gasteiger partial charge >= 0.3 is 6.03 Å². The maximum absolute atomic E-state index is 12.0. The van der Waals surface area contributed by atoms with Crippen LogP contribution in [0.15, 0.2) is 0 Å². The number of nitrogens with zero attached hydrogens (tertiary/aromatic N) is 2. The third-order valence-corrected chi connectivity index (χ3v) is 3.77. The van der Waals surface area contributed by atoms with Gasteiger partial charge in [-0.25, -0.2) is 4.79 Å². The number of rotatable bonds is 7. The molecular formula is C16H31N3O3. The molecule has 1 saturated heterocycles. The molecule has 0 aliphatic carbocycles. The van der Waals surface area contributed by atoms with Crippen LogP contribution < -0.4 is 5.32 Å². The van der Waals surface area contributed by atoms with Gasteiger partial charge in [0.25, 0.3) is 0 Å². The predicted octanol–water partition coefficient (Wildman–Crippen LogP) is 1.56. The Labute approximate surface area is 134 Å². The molecular weight excluding hydrogens is 282 g/mol. The van der Waals surface area contributed by atoms with E-state index in [1.165, 1.54) is 0 Å². The summed E-state index contributed by atoms with van der Waals surface area (Å²) >= 11 is 0. The van der Waals surface area contributed by atoms with Gasteiger partial charge in [-0.2, -0.15) is 0 Å². The molecule has 1 heterocycles. The highest BCUT2D eigenvalue weighted by Crippen LogP contribution is 2.18. The molecule has 0 spiro atoms. The van der Waals surface area contributed by atoms with E-state index in [0.29, 0.717) is 32.2 Å². The summed E-state index contributed by atoms with van der Waals surface area (Å²) in [5.74, 6) is 0.770. The van der Waals surface area contributed by atoms with Gasteiger partial charge in [-0.1, -0.05) is 13.8 Å². The largest absolute Gasteiger partial charge is 0.381 e. The summed E-state index contributed by atoms with van der Waals surface area (Å²) in [6.07, 6.45) is 2.33. The fraction of sp³-hybridized carbons (Fsp3) is 0.875. The highest BCUT2D eigenvalue weighted by Gasteiger charge is 2.27. The third-order valence-electron chi connectivity index (χ3n) is 3.77. The van der Waals surface area contributed by atoms with Crippen LogP contribution in [0.25, 0.3) is 0 Å². The Bertz CT molecular complexity index is 351. The maximum Gasteiger partial charge on any atom is 0.317 e. The lowest BCUT2D eigenvalue weighted by atomic mass is 9.96. The molecule has 1 aliphatic rings. The lowest BCUT2D eigenvalue weighted by molar-refractivity contribution is -0.134. The topological polar surface area (TPSA) is 61.9 Å². The van der Waals surface area contributed by atoms with Gasteiger partial charge < -0.3 is 19.9 Å². The summed E-state index contributed by atoms with van der Waals surface area (Å²) in [5.41, 5.74) is 0. The second-order valence-electron chi connectivity index (χ2n) is 6.55. The van der Waals surface area contributed by atoms with Gasteiger partial charge in [0.15, 0.2) is 0 Å². The average Bonchev–Trinajstić information content (AvgIpc) is 2.49. The molecule has 6 heteroatoms. The van der Waals surface area contributed by atoms with E-state index >= 15 is 0 Å². The Balaban J connectivity index is 2.14. The number of carbonyl (C=O) groups excluding carboxylic acids is 2. The number of nitrogens with one attached hydrogen (secondary N) is 1. The molecule has 128 valence electrons. The van der Waals surface area contributed by atoms with Crippen LogP contribution in [0.4, 0.5) is 4.79 Å². The Morgan fingerprint density at radius 3 is 2.45 bits per heavy atom. The number of likely N-dealkylation sites (tertiary alicyclic amines) is 1. The molecule has 0 radical (unpaired) electrons. The van der Waals surface area contributed by atoms with Crippen molar-refractivity contribution in [3.05, 3.63) is 0 Å². The van der Waals surface area contributed by atoms with Crippen molar-refractivity contribution in [2.45, 2.75) is 33.1 Å². The number of piperidine rings is 1. The van der Waals surface area contributed by atoms with E-state index in [2.05, 4.69) is 19.2 Å². The molecule has 1 fully saturated rings. The van der Waals surface area contributed by atoms with Crippen LogP contribution in [0.3, 0.4) is 0 Å². The zero-order valence-corrected chi connectivity index (χ0v) is 14.4. The number of ether oxygens (including phenoxy) is 1. The molecule has 6 nitrogen and oxygen atoms in total. The summed E-state index contributed by atoms with van der Waals surface area (Å²) in [7, 11) is 3.56. The molecule has 0 aromatic rings. The lowest BCUT2D eigenvalue weighted by Gasteiger charge is -2.32. The molecule has 0 bridgehead atoms. The summed E-state index contributed by atoms with van der Waals surface area (Å²) in [6, 6.07) is -0.0281. The molecule has 1 rings (SSSR count). The first kappa shape index (κ1) is 18.7. The van der Waals surface area contributed by atoms with Crippen LogP contribution in [-0.2, 0) is 9.53 Å². The zero-order chi connectivity index (χ0) is 16.5. The van der Waals surface area contributed by atoms with Gasteiger partial charge in [-0.05, 0) is 25.2 Å². The van der Waals surface area contributed by atoms with E-state index in [9.17, 15) is 9.59 Å². The van der Waals surface area contributed by atoms with Crippen molar-refractivity contribution in [3.63, 3.8) is 0 Å². The Kier molecular flexibility index (Phi) is 8.24. The molecule has 1 aliphatic heterocycles. The van der Waals surface area contributed by atoms with Crippen LogP contribution in [0.1, 0.15) is 33.1 Å². The molecule has 0 saturated carbocycles. The van der Waals surface area contributed by atoms with E-state index in [1.54, 1.807) is 23.9 Å². The monoisotopic (exact) mass is 313 g/mol. The predicted molar refractivity (Wildman–Crippen MR) is 86.7 cm³/mol. The SMILES string of the molecule is CC(C)COCCCNC(=O)N1CCC(C(=O)N(C)C)CC1. The summed E-state index contributed by atoms with van der Waals surface area (Å²) in [4.78, 5) is 27.4. The first-order valence-electron chi connectivity index (χ1n) is 8.23. The van der Waals surface area contributed by atoms with Gasteiger partial charge in [-0.15, -0.1) is 0 Å². The number of hydrogen-bond acceptors (Lipinski definition) is 3. The Morgan fingerprint density at radius 1 is 1.27 bits per heavy atom. The van der Waals surface area contributed by atoms with E-state index in [-0.39, 0.29) is 17.9 Å². The van der Waals surface area contributed by atoms with Crippen molar-refractivity contribution in [3.8, 4) is 0 Å². The first-order valence-corrected chi connectivity index (χ1v) is 8.23. The van der Waals surface area contributed by atoms with Crippen LogP contribution in [0.2, 0.25) is 0 Å². The summed E-state index contributed by atoms with van der Waals surface area (Å²) in [6.45, 7) is 7.62. The number of carbonyl (C=O) groups is 2. The highest BCUT2D eigenvalue weighted by molar-refractivity contribution is 5.79. The minimum Gasteiger partial charge on any atom is -0.381 e. The van der Waals surface area contributed by atoms with Gasteiger partial charge in [0.05, 0.1) is 0 Å². The first-order chi connectivity index (χ1) is 10.4. The second kappa shape index (κ2) is 9.66. The lowest BCUT2D eigenvalue weighted by Crippen LogP contribution is -2.47. The van der Waals surface area contributed by atoms with Gasteiger partial charge in [0, 0.05) is 52.9 Å². The third kappa shape index (κ3) is 6.64. The van der Waals surface area contributed by atoms with E-state index < -0.39 is 0 Å². The van der Waals surface area contributed by atoms with Crippen molar-refractivity contribution in [2.75, 3.05) is 46.9 Å². The molecule has 0 atom stereocenters. The van der Waals surface area contributed by atoms with Gasteiger partial charge in [-0.3, -0.25) is 4.79 Å². The normalized spacial score (nSPS) is 16.0. The molecule has 0 unspecified atom stereocenters. The quantitative estimate of drug-likeness (QED) is 0.726. The van der Waals surface area contributed by atoms with Crippen molar-refractivity contribution in [1.82, 2.24) is 15.1 Å². The van der Waals surface area contributed by atoms with Crippen molar-refractivity contribution < 1.29 is 14.3 Å². The highest BCUT2D eigenvalue weighted by atomic mass is 16.5. The summed E-state index contributed by atoms with van der Waals surface area (Å²) < 4.78 is 5.48. The average molecular weight is 313 g/mol. The minimum absolute atomic E-state index is 0.0281. The second-order valence-corrected chi connectivity index (χ2v) is 6.55. The molecule has 0 aromatic heterocycles. The fourth-order valence-electron chi connectivity index (χ4n) is 2.50. The Morgan fingerprint density at radius 2 is 1.91 bits per heavy atom. The number of amides is 3. The number of urea groups is 1. The van der Waals surface area contributed by atoms with E-state index in [0.717, 1.165) is 25.9 Å². The fourth-order valence-corrected chi connectivity index (χ4v) is 2.50. The smallest absolute Gasteiger partial charge is 0.317 e. The standard InChI is InChI=1S/C16H31N3O3/c1-13(2)12-22-11-5-8-17-16(21)19-9-6-14(7-10-19)15(20)18(3)4/h13-14H,5-12H2,1-4H3,(H,17,21). The molecule has 0 aromatic carbocycles. The van der Waals surface area contributed by atoms with E-state index in [4.69, 9.17) is 4.74 Å². The van der Waals surface area contributed by atoms with Crippen LogP contribution in [0, 0.1) is 11.8 Å². The molecule has 3 amide bonds. The van der Waals surface area contributed by atoms with Crippen LogP contribution in [-0.4, -0.2) is 68.7 Å². The van der Waals surface area contributed by atoms with Crippen LogP contribution in [0.5, 0.6) is 0 Å².